The zero-order chi connectivity index (χ0) is 16.8. The Labute approximate surface area is 144 Å². The molecule has 0 aromatic rings. The van der Waals surface area contributed by atoms with Gasteiger partial charge in [-0.25, -0.2) is 0 Å². The molecular weight excluding hydrogens is 280 g/mol. The molecular formula is C21H40N2. The summed E-state index contributed by atoms with van der Waals surface area (Å²) in [7, 11) is 2.27. The molecule has 0 spiro atoms. The normalized spacial score (nSPS) is 32.9. The first-order chi connectivity index (χ1) is 11.1. The van der Waals surface area contributed by atoms with Crippen molar-refractivity contribution in [3.8, 4) is 0 Å². The second-order valence-electron chi connectivity index (χ2n) is 8.41. The van der Waals surface area contributed by atoms with E-state index in [1.165, 1.54) is 57.9 Å². The van der Waals surface area contributed by atoms with Gasteiger partial charge in [-0.1, -0.05) is 51.7 Å². The van der Waals surface area contributed by atoms with Gasteiger partial charge in [-0.3, -0.25) is 0 Å². The Bertz CT molecular complexity index is 376. The summed E-state index contributed by atoms with van der Waals surface area (Å²) in [6.07, 6.45) is 13.5. The average molecular weight is 321 g/mol. The largest absolute Gasteiger partial charge is 0.330 e. The van der Waals surface area contributed by atoms with Crippen LogP contribution in [0.15, 0.2) is 11.6 Å². The van der Waals surface area contributed by atoms with Crippen molar-refractivity contribution in [3.05, 3.63) is 11.6 Å². The maximum atomic E-state index is 5.91. The molecule has 1 saturated heterocycles. The zero-order valence-electron chi connectivity index (χ0n) is 16.1. The summed E-state index contributed by atoms with van der Waals surface area (Å²) in [5.41, 5.74) is 7.67. The van der Waals surface area contributed by atoms with Crippen LogP contribution in [0, 0.1) is 23.7 Å². The molecule has 5 unspecified atom stereocenters. The molecule has 2 N–H and O–H groups in total. The van der Waals surface area contributed by atoms with Crippen molar-refractivity contribution in [2.45, 2.75) is 78.2 Å². The average Bonchev–Trinajstić information content (AvgIpc) is 2.90. The fourth-order valence-corrected chi connectivity index (χ4v) is 4.76. The fraction of sp³-hybridized carbons (Fsp3) is 0.905. The van der Waals surface area contributed by atoms with Crippen LogP contribution in [-0.2, 0) is 0 Å². The highest BCUT2D eigenvalue weighted by molar-refractivity contribution is 5.14. The minimum absolute atomic E-state index is 0.681. The predicted octanol–water partition coefficient (Wildman–Crippen LogP) is 4.84. The monoisotopic (exact) mass is 320 g/mol. The lowest BCUT2D eigenvalue weighted by Crippen LogP contribution is -2.44. The van der Waals surface area contributed by atoms with E-state index < -0.39 is 0 Å². The molecule has 5 atom stereocenters. The molecule has 2 aliphatic rings. The summed E-state index contributed by atoms with van der Waals surface area (Å²) in [6.45, 7) is 9.30. The first-order valence-corrected chi connectivity index (χ1v) is 10.2. The molecule has 134 valence electrons. The van der Waals surface area contributed by atoms with Crippen LogP contribution in [0.1, 0.15) is 72.1 Å². The summed E-state index contributed by atoms with van der Waals surface area (Å²) >= 11 is 0. The van der Waals surface area contributed by atoms with E-state index >= 15 is 0 Å². The van der Waals surface area contributed by atoms with Crippen LogP contribution in [0.3, 0.4) is 0 Å². The maximum absolute atomic E-state index is 5.91. The van der Waals surface area contributed by atoms with E-state index in [1.54, 1.807) is 5.57 Å². The second-order valence-corrected chi connectivity index (χ2v) is 8.41. The number of likely N-dealkylation sites (tertiary alicyclic amines) is 1. The van der Waals surface area contributed by atoms with Crippen LogP contribution < -0.4 is 5.73 Å². The summed E-state index contributed by atoms with van der Waals surface area (Å²) < 4.78 is 0. The van der Waals surface area contributed by atoms with E-state index in [0.717, 1.165) is 30.3 Å². The van der Waals surface area contributed by atoms with Crippen LogP contribution in [-0.4, -0.2) is 31.1 Å². The molecule has 0 aromatic carbocycles. The van der Waals surface area contributed by atoms with Crippen LogP contribution in [0.5, 0.6) is 0 Å². The first kappa shape index (κ1) is 19.0. The molecule has 2 heteroatoms. The number of hydrogen-bond donors (Lipinski definition) is 1. The summed E-state index contributed by atoms with van der Waals surface area (Å²) in [5, 5.41) is 0. The number of unbranched alkanes of at least 4 members (excludes halogenated alkanes) is 1. The first-order valence-electron chi connectivity index (χ1n) is 10.2. The maximum Gasteiger partial charge on any atom is 0.0139 e. The van der Waals surface area contributed by atoms with Gasteiger partial charge < -0.3 is 10.6 Å². The lowest BCUT2D eigenvalue weighted by molar-refractivity contribution is 0.128. The molecule has 2 fully saturated rings. The molecule has 1 saturated carbocycles. The third-order valence-corrected chi connectivity index (χ3v) is 6.73. The van der Waals surface area contributed by atoms with E-state index in [2.05, 4.69) is 38.8 Å². The molecule has 2 nitrogen and oxygen atoms in total. The van der Waals surface area contributed by atoms with Gasteiger partial charge in [-0.05, 0) is 75.9 Å². The van der Waals surface area contributed by atoms with Gasteiger partial charge in [0.1, 0.15) is 0 Å². The van der Waals surface area contributed by atoms with Crippen molar-refractivity contribution in [2.24, 2.45) is 29.4 Å². The van der Waals surface area contributed by atoms with E-state index in [-0.39, 0.29) is 0 Å². The Kier molecular flexibility index (Phi) is 7.62. The van der Waals surface area contributed by atoms with Crippen LogP contribution in [0.2, 0.25) is 0 Å². The second kappa shape index (κ2) is 9.22. The highest BCUT2D eigenvalue weighted by Crippen LogP contribution is 2.44. The molecule has 0 aromatic heterocycles. The summed E-state index contributed by atoms with van der Waals surface area (Å²) in [4.78, 5) is 2.50. The Morgan fingerprint density at radius 3 is 2.70 bits per heavy atom. The van der Waals surface area contributed by atoms with Gasteiger partial charge in [0.05, 0.1) is 0 Å². The Balaban J connectivity index is 1.92. The topological polar surface area (TPSA) is 29.3 Å². The lowest BCUT2D eigenvalue weighted by atomic mass is 9.76. The predicted molar refractivity (Wildman–Crippen MR) is 101 cm³/mol. The van der Waals surface area contributed by atoms with Gasteiger partial charge in [-0.2, -0.15) is 0 Å². The van der Waals surface area contributed by atoms with Gasteiger partial charge in [0, 0.05) is 6.04 Å². The zero-order valence-corrected chi connectivity index (χ0v) is 16.1. The van der Waals surface area contributed by atoms with Crippen LogP contribution >= 0.6 is 0 Å². The van der Waals surface area contributed by atoms with Gasteiger partial charge >= 0.3 is 0 Å². The molecule has 23 heavy (non-hydrogen) atoms. The number of nitrogens with zero attached hydrogens (tertiary/aromatic N) is 1. The third kappa shape index (κ3) is 5.06. The molecule has 0 amide bonds. The minimum Gasteiger partial charge on any atom is -0.330 e. The number of hydrogen-bond acceptors (Lipinski definition) is 2. The van der Waals surface area contributed by atoms with Crippen molar-refractivity contribution < 1.29 is 0 Å². The third-order valence-electron chi connectivity index (χ3n) is 6.73. The Morgan fingerprint density at radius 1 is 1.35 bits per heavy atom. The summed E-state index contributed by atoms with van der Waals surface area (Å²) in [5.74, 6) is 3.27. The molecule has 0 bridgehead atoms. The lowest BCUT2D eigenvalue weighted by Gasteiger charge is -2.37. The highest BCUT2D eigenvalue weighted by atomic mass is 15.2. The number of allylic oxidation sites excluding steroid dienone is 1. The fourth-order valence-electron chi connectivity index (χ4n) is 4.76. The molecule has 1 aliphatic carbocycles. The quantitative estimate of drug-likeness (QED) is 0.616. The van der Waals surface area contributed by atoms with Crippen molar-refractivity contribution in [3.63, 3.8) is 0 Å². The number of nitrogens with two attached hydrogens (primary N) is 1. The van der Waals surface area contributed by atoms with Gasteiger partial charge in [0.15, 0.2) is 0 Å². The van der Waals surface area contributed by atoms with E-state index in [9.17, 15) is 0 Å². The van der Waals surface area contributed by atoms with Crippen LogP contribution in [0.4, 0.5) is 0 Å². The van der Waals surface area contributed by atoms with Crippen molar-refractivity contribution in [2.75, 3.05) is 20.1 Å². The van der Waals surface area contributed by atoms with Crippen molar-refractivity contribution in [1.82, 2.24) is 4.90 Å². The number of rotatable bonds is 9. The smallest absolute Gasteiger partial charge is 0.0139 e. The Morgan fingerprint density at radius 2 is 2.13 bits per heavy atom. The standard InChI is InChI=1S/C21H40N2/c1-5-6-7-19(14-16(2)15-22)21-11-9-18(17(21)3)8-10-20-12-13-23(20)4/h8,16-17,19-21H,5-7,9-15,22H2,1-4H3/b18-8+. The van der Waals surface area contributed by atoms with Crippen molar-refractivity contribution in [1.29, 1.82) is 0 Å². The van der Waals surface area contributed by atoms with Gasteiger partial charge in [0.2, 0.25) is 0 Å². The van der Waals surface area contributed by atoms with Gasteiger partial charge in [-0.15, -0.1) is 0 Å². The molecule has 0 radical (unpaired) electrons. The van der Waals surface area contributed by atoms with Crippen molar-refractivity contribution >= 4 is 0 Å². The summed E-state index contributed by atoms with van der Waals surface area (Å²) in [6, 6.07) is 0.821. The van der Waals surface area contributed by atoms with E-state index in [0.29, 0.717) is 5.92 Å². The Hall–Kier alpha value is -0.340. The van der Waals surface area contributed by atoms with Crippen LogP contribution in [0.25, 0.3) is 0 Å². The van der Waals surface area contributed by atoms with E-state index in [1.807, 2.05) is 0 Å². The van der Waals surface area contributed by atoms with Gasteiger partial charge in [0.25, 0.3) is 0 Å². The SMILES string of the molecule is CCCCC(CC(C)CN)C1CC/C(=C\CC2CCN2C)C1C. The minimum atomic E-state index is 0.681. The van der Waals surface area contributed by atoms with E-state index in [4.69, 9.17) is 5.73 Å². The molecule has 2 rings (SSSR count). The molecule has 1 aliphatic heterocycles. The molecule has 1 heterocycles. The highest BCUT2D eigenvalue weighted by Gasteiger charge is 2.34.